The number of carbonyl (C=O) groups excluding carboxylic acids is 1. The molecule has 2 N–H and O–H groups in total. The smallest absolute Gasteiger partial charge is 0.272 e. The third-order valence-corrected chi connectivity index (χ3v) is 3.21. The van der Waals surface area contributed by atoms with Crippen molar-refractivity contribution in [1.82, 2.24) is 10.3 Å². The number of nitrogens with zero attached hydrogens (tertiary/aromatic N) is 1. The highest BCUT2D eigenvalue weighted by molar-refractivity contribution is 5.94. The van der Waals surface area contributed by atoms with E-state index in [1.165, 1.54) is 18.3 Å². The molecule has 1 rings (SSSR count). The van der Waals surface area contributed by atoms with Gasteiger partial charge in [-0.2, -0.15) is 0 Å². The van der Waals surface area contributed by atoms with E-state index in [0.717, 1.165) is 0 Å². The van der Waals surface area contributed by atoms with Crippen molar-refractivity contribution in [2.75, 3.05) is 13.2 Å². The van der Waals surface area contributed by atoms with Crippen molar-refractivity contribution < 1.29 is 23.4 Å². The Balaban J connectivity index is 2.76. The predicted octanol–water partition coefficient (Wildman–Crippen LogP) is 2.01. The molecule has 1 aromatic rings. The van der Waals surface area contributed by atoms with E-state index in [4.69, 9.17) is 9.84 Å². The second kappa shape index (κ2) is 7.87. The molecule has 1 heterocycles. The largest absolute Gasteiger partial charge is 0.472 e. The van der Waals surface area contributed by atoms with Gasteiger partial charge < -0.3 is 15.2 Å². The topological polar surface area (TPSA) is 71.5 Å². The Morgan fingerprint density at radius 2 is 2.29 bits per heavy atom. The number of pyridine rings is 1. The zero-order valence-electron chi connectivity index (χ0n) is 12.1. The minimum absolute atomic E-state index is 0.0247. The molecule has 1 aromatic heterocycles. The average molecular weight is 302 g/mol. The first-order valence-electron chi connectivity index (χ1n) is 6.70. The lowest BCUT2D eigenvalue weighted by molar-refractivity contribution is 0.0794. The number of hydrogen-bond acceptors (Lipinski definition) is 4. The number of hydrogen-bond donors (Lipinski definition) is 2. The normalized spacial score (nSPS) is 13.8. The van der Waals surface area contributed by atoms with Gasteiger partial charge in [-0.1, -0.05) is 6.92 Å². The van der Waals surface area contributed by atoms with Crippen LogP contribution in [0.4, 0.5) is 8.78 Å². The van der Waals surface area contributed by atoms with Crippen molar-refractivity contribution in [2.45, 2.75) is 38.7 Å². The van der Waals surface area contributed by atoms with Gasteiger partial charge in [0.1, 0.15) is 0 Å². The molecule has 1 unspecified atom stereocenters. The first-order valence-corrected chi connectivity index (χ1v) is 6.70. The van der Waals surface area contributed by atoms with Crippen LogP contribution in [0.5, 0.6) is 5.88 Å². The summed E-state index contributed by atoms with van der Waals surface area (Å²) in [5, 5.41) is 11.9. The van der Waals surface area contributed by atoms with Gasteiger partial charge in [0, 0.05) is 30.0 Å². The van der Waals surface area contributed by atoms with E-state index in [0.29, 0.717) is 12.8 Å². The molecule has 1 atom stereocenters. The van der Waals surface area contributed by atoms with E-state index in [-0.39, 0.29) is 24.0 Å². The van der Waals surface area contributed by atoms with Crippen molar-refractivity contribution in [3.63, 3.8) is 0 Å². The average Bonchev–Trinajstić information content (AvgIpc) is 2.45. The summed E-state index contributed by atoms with van der Waals surface area (Å²) in [5.74, 6) is -0.389. The molecule has 118 valence electrons. The number of alkyl halides is 2. The molecule has 0 aliphatic rings. The minimum atomic E-state index is -2.60. The van der Waals surface area contributed by atoms with Crippen LogP contribution in [0.3, 0.4) is 0 Å². The van der Waals surface area contributed by atoms with Crippen LogP contribution in [-0.4, -0.2) is 41.2 Å². The second-order valence-electron chi connectivity index (χ2n) is 4.93. The van der Waals surface area contributed by atoms with Crippen LogP contribution >= 0.6 is 0 Å². The number of aromatic nitrogens is 1. The van der Waals surface area contributed by atoms with Gasteiger partial charge in [0.15, 0.2) is 6.61 Å². The second-order valence-corrected chi connectivity index (χ2v) is 4.93. The molecule has 5 nitrogen and oxygen atoms in total. The van der Waals surface area contributed by atoms with Gasteiger partial charge in [-0.15, -0.1) is 0 Å². The monoisotopic (exact) mass is 302 g/mol. The molecule has 0 aliphatic heterocycles. The SMILES string of the molecule is CCC(C)(CCO)NC(=O)c1ccnc(OCC(F)F)c1. The zero-order chi connectivity index (χ0) is 15.9. The molecule has 0 spiro atoms. The Bertz CT molecular complexity index is 471. The number of aliphatic hydroxyl groups is 1. The van der Waals surface area contributed by atoms with Gasteiger partial charge in [-0.05, 0) is 25.8 Å². The lowest BCUT2D eigenvalue weighted by atomic mass is 9.94. The molecule has 0 radical (unpaired) electrons. The van der Waals surface area contributed by atoms with Crippen molar-refractivity contribution in [3.8, 4) is 5.88 Å². The van der Waals surface area contributed by atoms with Crippen molar-refractivity contribution in [3.05, 3.63) is 23.9 Å². The number of halogens is 2. The highest BCUT2D eigenvalue weighted by Gasteiger charge is 2.24. The summed E-state index contributed by atoms with van der Waals surface area (Å²) in [7, 11) is 0. The van der Waals surface area contributed by atoms with Crippen LogP contribution in [0.2, 0.25) is 0 Å². The van der Waals surface area contributed by atoms with E-state index in [1.807, 2.05) is 13.8 Å². The molecule has 7 heteroatoms. The lowest BCUT2D eigenvalue weighted by Crippen LogP contribution is -2.46. The van der Waals surface area contributed by atoms with E-state index >= 15 is 0 Å². The van der Waals surface area contributed by atoms with Crippen LogP contribution in [0.15, 0.2) is 18.3 Å². The molecule has 21 heavy (non-hydrogen) atoms. The predicted molar refractivity (Wildman–Crippen MR) is 73.6 cm³/mol. The third-order valence-electron chi connectivity index (χ3n) is 3.21. The van der Waals surface area contributed by atoms with Crippen LogP contribution in [0.25, 0.3) is 0 Å². The summed E-state index contributed by atoms with van der Waals surface area (Å²) in [6.45, 7) is 2.93. The third kappa shape index (κ3) is 5.63. The molecule has 0 saturated heterocycles. The fraction of sp³-hybridized carbons (Fsp3) is 0.571. The van der Waals surface area contributed by atoms with Crippen molar-refractivity contribution in [1.29, 1.82) is 0 Å². The lowest BCUT2D eigenvalue weighted by Gasteiger charge is -2.29. The fourth-order valence-corrected chi connectivity index (χ4v) is 1.70. The molecule has 0 fully saturated rings. The molecular weight excluding hydrogens is 282 g/mol. The first-order chi connectivity index (χ1) is 9.90. The fourth-order valence-electron chi connectivity index (χ4n) is 1.70. The summed E-state index contributed by atoms with van der Waals surface area (Å²) in [6, 6.07) is 2.78. The van der Waals surface area contributed by atoms with Crippen LogP contribution in [-0.2, 0) is 0 Å². The number of aliphatic hydroxyl groups excluding tert-OH is 1. The summed E-state index contributed by atoms with van der Waals surface area (Å²) >= 11 is 0. The Morgan fingerprint density at radius 3 is 2.86 bits per heavy atom. The first kappa shape index (κ1) is 17.3. The number of carbonyl (C=O) groups is 1. The van der Waals surface area contributed by atoms with E-state index in [1.54, 1.807) is 0 Å². The van der Waals surface area contributed by atoms with Crippen LogP contribution < -0.4 is 10.1 Å². The van der Waals surface area contributed by atoms with E-state index in [9.17, 15) is 13.6 Å². The highest BCUT2D eigenvalue weighted by atomic mass is 19.3. The Hall–Kier alpha value is -1.76. The summed E-state index contributed by atoms with van der Waals surface area (Å²) in [5.41, 5.74) is -0.258. The molecular formula is C14H20F2N2O3. The zero-order valence-corrected chi connectivity index (χ0v) is 12.1. The van der Waals surface area contributed by atoms with Gasteiger partial charge in [-0.3, -0.25) is 4.79 Å². The van der Waals surface area contributed by atoms with Crippen LogP contribution in [0, 0.1) is 0 Å². The number of amides is 1. The Kier molecular flexibility index (Phi) is 6.48. The molecule has 0 aliphatic carbocycles. The van der Waals surface area contributed by atoms with Gasteiger partial charge in [0.25, 0.3) is 12.3 Å². The summed E-state index contributed by atoms with van der Waals surface area (Å²) < 4.78 is 28.9. The minimum Gasteiger partial charge on any atom is -0.472 e. The van der Waals surface area contributed by atoms with Crippen LogP contribution in [0.1, 0.15) is 37.0 Å². The quantitative estimate of drug-likeness (QED) is 0.770. The van der Waals surface area contributed by atoms with Gasteiger partial charge in [-0.25, -0.2) is 13.8 Å². The molecule has 1 amide bonds. The maximum atomic E-state index is 12.2. The van der Waals surface area contributed by atoms with Crippen molar-refractivity contribution in [2.24, 2.45) is 0 Å². The molecule has 0 aromatic carbocycles. The van der Waals surface area contributed by atoms with E-state index in [2.05, 4.69) is 10.3 Å². The highest BCUT2D eigenvalue weighted by Crippen LogP contribution is 2.16. The Labute approximate surface area is 122 Å². The molecule has 0 bridgehead atoms. The summed E-state index contributed by atoms with van der Waals surface area (Å²) in [6.07, 6.45) is -0.198. The standard InChI is InChI=1S/C14H20F2N2O3/c1-3-14(2,5-7-19)18-13(20)10-4-6-17-12(8-10)21-9-11(15)16/h4,6,8,11,19H,3,5,7,9H2,1-2H3,(H,18,20). The maximum absolute atomic E-state index is 12.2. The molecule has 0 saturated carbocycles. The van der Waals surface area contributed by atoms with Gasteiger partial charge >= 0.3 is 0 Å². The summed E-state index contributed by atoms with van der Waals surface area (Å²) in [4.78, 5) is 15.9. The van der Waals surface area contributed by atoms with Gasteiger partial charge in [0.05, 0.1) is 0 Å². The van der Waals surface area contributed by atoms with Gasteiger partial charge in [0.2, 0.25) is 5.88 Å². The number of nitrogens with one attached hydrogen (secondary N) is 1. The number of rotatable bonds is 8. The van der Waals surface area contributed by atoms with E-state index < -0.39 is 18.6 Å². The maximum Gasteiger partial charge on any atom is 0.272 e. The Morgan fingerprint density at radius 1 is 1.57 bits per heavy atom. The number of ether oxygens (including phenoxy) is 1. The van der Waals surface area contributed by atoms with Crippen molar-refractivity contribution >= 4 is 5.91 Å².